The summed E-state index contributed by atoms with van der Waals surface area (Å²) in [6.45, 7) is 2.16. The highest BCUT2D eigenvalue weighted by atomic mass is 19.4. The number of nitrogens with zero attached hydrogens (tertiary/aromatic N) is 2. The van der Waals surface area contributed by atoms with Crippen molar-refractivity contribution < 1.29 is 26.4 Å². The molecule has 8 heteroatoms. The number of hydrogen-bond acceptors (Lipinski definition) is 3. The Labute approximate surface area is 158 Å². The third kappa shape index (κ3) is 4.56. The fourth-order valence-corrected chi connectivity index (χ4v) is 2.82. The van der Waals surface area contributed by atoms with Crippen LogP contribution in [-0.4, -0.2) is 16.9 Å². The van der Waals surface area contributed by atoms with Gasteiger partial charge in [0.05, 0.1) is 16.8 Å². The topological polar surface area (TPSA) is 29.3 Å². The number of hydrogen-bond donors (Lipinski definition) is 0. The highest BCUT2D eigenvalue weighted by Gasteiger charge is 2.30. The lowest BCUT2D eigenvalue weighted by molar-refractivity contribution is -0.137. The lowest BCUT2D eigenvalue weighted by atomic mass is 10.1. The van der Waals surface area contributed by atoms with E-state index in [-0.39, 0.29) is 24.5 Å². The second-order valence-electron chi connectivity index (χ2n) is 6.52. The van der Waals surface area contributed by atoms with Gasteiger partial charge in [0, 0.05) is 13.1 Å². The zero-order chi connectivity index (χ0) is 20.5. The first-order chi connectivity index (χ1) is 13.1. The molecule has 28 heavy (non-hydrogen) atoms. The van der Waals surface area contributed by atoms with Crippen molar-refractivity contribution in [2.45, 2.75) is 26.2 Å². The van der Waals surface area contributed by atoms with Crippen molar-refractivity contribution >= 4 is 0 Å². The number of oxazole rings is 1. The molecular formula is C20H17F5N2O. The van der Waals surface area contributed by atoms with E-state index >= 15 is 0 Å². The summed E-state index contributed by atoms with van der Waals surface area (Å²) in [4.78, 5) is 5.98. The molecular weight excluding hydrogens is 379 g/mol. The quantitative estimate of drug-likeness (QED) is 0.528. The highest BCUT2D eigenvalue weighted by molar-refractivity contribution is 5.54. The van der Waals surface area contributed by atoms with E-state index in [0.717, 1.165) is 30.3 Å². The van der Waals surface area contributed by atoms with Crippen LogP contribution in [0.15, 0.2) is 46.9 Å². The Morgan fingerprint density at radius 3 is 2.50 bits per heavy atom. The zero-order valence-electron chi connectivity index (χ0n) is 15.1. The van der Waals surface area contributed by atoms with Gasteiger partial charge < -0.3 is 4.42 Å². The van der Waals surface area contributed by atoms with E-state index in [0.29, 0.717) is 17.0 Å². The molecule has 0 radical (unpaired) electrons. The molecule has 148 valence electrons. The van der Waals surface area contributed by atoms with Crippen LogP contribution < -0.4 is 0 Å². The Hall–Kier alpha value is -2.74. The van der Waals surface area contributed by atoms with Crippen molar-refractivity contribution in [2.24, 2.45) is 0 Å². The summed E-state index contributed by atoms with van der Waals surface area (Å²) in [6, 6.07) is 8.07. The Balaban J connectivity index is 1.76. The molecule has 0 aliphatic carbocycles. The van der Waals surface area contributed by atoms with Gasteiger partial charge in [0.2, 0.25) is 5.89 Å². The van der Waals surface area contributed by atoms with Crippen LogP contribution in [0.3, 0.4) is 0 Å². The van der Waals surface area contributed by atoms with Crippen molar-refractivity contribution in [3.05, 3.63) is 76.7 Å². The average molecular weight is 396 g/mol. The molecule has 2 aromatic carbocycles. The average Bonchev–Trinajstić information content (AvgIpc) is 2.97. The van der Waals surface area contributed by atoms with Crippen LogP contribution in [0.2, 0.25) is 0 Å². The van der Waals surface area contributed by atoms with E-state index in [1.54, 1.807) is 24.9 Å². The highest BCUT2D eigenvalue weighted by Crippen LogP contribution is 2.30. The van der Waals surface area contributed by atoms with Crippen molar-refractivity contribution in [1.82, 2.24) is 9.88 Å². The lowest BCUT2D eigenvalue weighted by Crippen LogP contribution is -2.18. The lowest BCUT2D eigenvalue weighted by Gasteiger charge is -2.16. The Kier molecular flexibility index (Phi) is 5.51. The number of rotatable bonds is 5. The minimum Gasteiger partial charge on any atom is -0.441 e. The van der Waals surface area contributed by atoms with Crippen LogP contribution in [0.1, 0.15) is 22.6 Å². The van der Waals surface area contributed by atoms with Gasteiger partial charge >= 0.3 is 6.18 Å². The van der Waals surface area contributed by atoms with Gasteiger partial charge in [0.1, 0.15) is 17.4 Å². The van der Waals surface area contributed by atoms with Crippen LogP contribution in [-0.2, 0) is 19.3 Å². The van der Waals surface area contributed by atoms with Crippen LogP contribution in [0.25, 0.3) is 11.5 Å². The Bertz CT molecular complexity index is 981. The van der Waals surface area contributed by atoms with E-state index in [2.05, 4.69) is 4.98 Å². The van der Waals surface area contributed by atoms with Crippen LogP contribution in [0, 0.1) is 18.6 Å². The number of halogens is 5. The fraction of sp³-hybridized carbons (Fsp3) is 0.250. The molecule has 0 amide bonds. The number of alkyl halides is 3. The van der Waals surface area contributed by atoms with E-state index < -0.39 is 23.4 Å². The molecule has 0 atom stereocenters. The zero-order valence-corrected chi connectivity index (χ0v) is 15.1. The first-order valence-corrected chi connectivity index (χ1v) is 8.40. The minimum absolute atomic E-state index is 0.0445. The van der Waals surface area contributed by atoms with Gasteiger partial charge in [-0.15, -0.1) is 0 Å². The van der Waals surface area contributed by atoms with Crippen LogP contribution in [0.4, 0.5) is 22.0 Å². The summed E-state index contributed by atoms with van der Waals surface area (Å²) in [6.07, 6.45) is -4.40. The maximum Gasteiger partial charge on any atom is 0.416 e. The van der Waals surface area contributed by atoms with Crippen molar-refractivity contribution in [2.75, 3.05) is 7.05 Å². The number of aromatic nitrogens is 1. The van der Waals surface area contributed by atoms with E-state index in [1.807, 2.05) is 0 Å². The minimum atomic E-state index is -4.40. The van der Waals surface area contributed by atoms with Gasteiger partial charge in [-0.3, -0.25) is 4.90 Å². The summed E-state index contributed by atoms with van der Waals surface area (Å²) in [5, 5.41) is 0. The molecule has 0 saturated heterocycles. The first kappa shape index (κ1) is 20.0. The van der Waals surface area contributed by atoms with Crippen molar-refractivity contribution in [3.63, 3.8) is 0 Å². The molecule has 3 aromatic rings. The van der Waals surface area contributed by atoms with Gasteiger partial charge in [0.15, 0.2) is 0 Å². The molecule has 0 bridgehead atoms. The smallest absolute Gasteiger partial charge is 0.416 e. The molecule has 0 N–H and O–H groups in total. The summed E-state index contributed by atoms with van der Waals surface area (Å²) >= 11 is 0. The van der Waals surface area contributed by atoms with Crippen molar-refractivity contribution in [3.8, 4) is 11.5 Å². The fourth-order valence-electron chi connectivity index (χ4n) is 2.82. The predicted octanol–water partition coefficient (Wildman–Crippen LogP) is 5.58. The maximum atomic E-state index is 13.9. The van der Waals surface area contributed by atoms with E-state index in [1.165, 1.54) is 6.07 Å². The monoisotopic (exact) mass is 396 g/mol. The second-order valence-corrected chi connectivity index (χ2v) is 6.52. The number of aryl methyl sites for hydroxylation is 1. The van der Waals surface area contributed by atoms with Gasteiger partial charge in [-0.25, -0.2) is 13.8 Å². The Morgan fingerprint density at radius 2 is 1.79 bits per heavy atom. The van der Waals surface area contributed by atoms with Gasteiger partial charge in [-0.05, 0) is 43.8 Å². The predicted molar refractivity (Wildman–Crippen MR) is 93.2 cm³/mol. The van der Waals surface area contributed by atoms with Gasteiger partial charge in [-0.2, -0.15) is 13.2 Å². The molecule has 1 aromatic heterocycles. The van der Waals surface area contributed by atoms with Crippen LogP contribution >= 0.6 is 0 Å². The van der Waals surface area contributed by atoms with Gasteiger partial charge in [0.25, 0.3) is 0 Å². The van der Waals surface area contributed by atoms with Crippen molar-refractivity contribution in [1.29, 1.82) is 0 Å². The molecule has 0 fully saturated rings. The largest absolute Gasteiger partial charge is 0.441 e. The van der Waals surface area contributed by atoms with E-state index in [9.17, 15) is 22.0 Å². The molecule has 0 spiro atoms. The number of benzene rings is 2. The molecule has 1 heterocycles. The van der Waals surface area contributed by atoms with Gasteiger partial charge in [-0.1, -0.05) is 18.2 Å². The summed E-state index contributed by atoms with van der Waals surface area (Å²) < 4.78 is 71.3. The SMILES string of the molecule is Cc1oc(-c2cc(F)ccc2F)nc1CN(C)Cc1cccc(C(F)(F)F)c1. The normalized spacial score (nSPS) is 12.0. The molecule has 0 aliphatic heterocycles. The Morgan fingerprint density at radius 1 is 1.04 bits per heavy atom. The third-order valence-corrected chi connectivity index (χ3v) is 4.18. The summed E-state index contributed by atoms with van der Waals surface area (Å²) in [5.74, 6) is -0.895. The third-order valence-electron chi connectivity index (χ3n) is 4.18. The molecule has 3 nitrogen and oxygen atoms in total. The maximum absolute atomic E-state index is 13.9. The van der Waals surface area contributed by atoms with E-state index in [4.69, 9.17) is 4.42 Å². The molecule has 0 saturated carbocycles. The molecule has 0 aliphatic rings. The summed E-state index contributed by atoms with van der Waals surface area (Å²) in [7, 11) is 1.72. The first-order valence-electron chi connectivity index (χ1n) is 8.40. The molecule has 0 unspecified atom stereocenters. The van der Waals surface area contributed by atoms with Crippen LogP contribution in [0.5, 0.6) is 0 Å². The second kappa shape index (κ2) is 7.71. The standard InChI is InChI=1S/C20H17F5N2O/c1-12-18(26-19(28-12)16-9-15(21)6-7-17(16)22)11-27(2)10-13-4-3-5-14(8-13)20(23,24)25/h3-9H,10-11H2,1-2H3. The summed E-state index contributed by atoms with van der Waals surface area (Å²) in [5.41, 5.74) is 0.192. The molecule has 3 rings (SSSR count).